The average Bonchev–Trinajstić information content (AvgIpc) is 1.82. The molecule has 0 aliphatic heterocycles. The summed E-state index contributed by atoms with van der Waals surface area (Å²) in [7, 11) is 0. The van der Waals surface area contributed by atoms with Crippen LogP contribution in [0.4, 0.5) is 0 Å². The summed E-state index contributed by atoms with van der Waals surface area (Å²) >= 11 is 4.34. The third kappa shape index (κ3) is 3.82. The van der Waals surface area contributed by atoms with Crippen molar-refractivity contribution in [1.29, 1.82) is 0 Å². The van der Waals surface area contributed by atoms with Crippen molar-refractivity contribution < 1.29 is 0 Å². The predicted octanol–water partition coefficient (Wildman–Crippen LogP) is 1.69. The molecule has 56 valence electrons. The van der Waals surface area contributed by atoms with Crippen molar-refractivity contribution in [2.45, 2.75) is 38.5 Å². The molecule has 2 unspecified atom stereocenters. The predicted molar refractivity (Wildman–Crippen MR) is 46.2 cm³/mol. The number of hydrogen-bond acceptors (Lipinski definition) is 2. The van der Waals surface area contributed by atoms with Gasteiger partial charge in [0.2, 0.25) is 0 Å². The van der Waals surface area contributed by atoms with Gasteiger partial charge < -0.3 is 5.32 Å². The normalized spacial score (nSPS) is 17.3. The molecule has 0 aromatic heterocycles. The fraction of sp³-hybridized carbons (Fsp3) is 1.00. The highest BCUT2D eigenvalue weighted by molar-refractivity contribution is 7.81. The molecule has 0 rings (SSSR count). The van der Waals surface area contributed by atoms with Crippen LogP contribution < -0.4 is 5.32 Å². The van der Waals surface area contributed by atoms with Gasteiger partial charge in [0.25, 0.3) is 0 Å². The van der Waals surface area contributed by atoms with Crippen LogP contribution in [0, 0.1) is 0 Å². The van der Waals surface area contributed by atoms with Crippen LogP contribution in [-0.2, 0) is 0 Å². The maximum atomic E-state index is 4.34. The lowest BCUT2D eigenvalue weighted by atomic mass is 10.2. The van der Waals surface area contributed by atoms with Crippen molar-refractivity contribution in [2.24, 2.45) is 0 Å². The highest BCUT2D eigenvalue weighted by Gasteiger charge is 2.08. The first-order valence-corrected chi connectivity index (χ1v) is 4.15. The molecule has 2 heteroatoms. The molecule has 0 aliphatic carbocycles. The van der Waals surface area contributed by atoms with Crippen LogP contribution in [0.2, 0.25) is 0 Å². The average molecular weight is 147 g/mol. The molecule has 0 bridgehead atoms. The molecule has 0 aliphatic rings. The first-order chi connectivity index (χ1) is 4.22. The largest absolute Gasteiger partial charge is 0.313 e. The molecule has 0 fully saturated rings. The van der Waals surface area contributed by atoms with Crippen LogP contribution in [0.1, 0.15) is 27.2 Å². The molecule has 9 heavy (non-hydrogen) atoms. The van der Waals surface area contributed by atoms with E-state index in [0.29, 0.717) is 11.3 Å². The van der Waals surface area contributed by atoms with Crippen molar-refractivity contribution >= 4 is 12.6 Å². The standard InChI is InChI=1S/C7H17NS/c1-4-7(6(3)9)8-5-2/h6-9H,4-5H2,1-3H3. The van der Waals surface area contributed by atoms with E-state index in [1.165, 1.54) is 6.42 Å². The smallest absolute Gasteiger partial charge is 0.0178 e. The maximum absolute atomic E-state index is 4.34. The first kappa shape index (κ1) is 9.31. The van der Waals surface area contributed by atoms with Gasteiger partial charge in [-0.1, -0.05) is 20.8 Å². The molecule has 0 amide bonds. The monoisotopic (exact) mass is 147 g/mol. The molecule has 0 saturated carbocycles. The summed E-state index contributed by atoms with van der Waals surface area (Å²) < 4.78 is 0. The van der Waals surface area contributed by atoms with Gasteiger partial charge in [0.15, 0.2) is 0 Å². The molecule has 0 aromatic carbocycles. The Kier molecular flexibility index (Phi) is 5.30. The van der Waals surface area contributed by atoms with Crippen LogP contribution >= 0.6 is 12.6 Å². The minimum Gasteiger partial charge on any atom is -0.313 e. The number of rotatable bonds is 4. The van der Waals surface area contributed by atoms with E-state index in [1.54, 1.807) is 0 Å². The first-order valence-electron chi connectivity index (χ1n) is 3.63. The summed E-state index contributed by atoms with van der Waals surface area (Å²) in [6, 6.07) is 0.582. The Bertz CT molecular complexity index is 63.9. The number of thiol groups is 1. The molecular weight excluding hydrogens is 130 g/mol. The zero-order chi connectivity index (χ0) is 7.28. The van der Waals surface area contributed by atoms with E-state index < -0.39 is 0 Å². The van der Waals surface area contributed by atoms with Gasteiger partial charge in [-0.25, -0.2) is 0 Å². The second kappa shape index (κ2) is 5.12. The zero-order valence-electron chi connectivity index (χ0n) is 6.52. The highest BCUT2D eigenvalue weighted by atomic mass is 32.1. The van der Waals surface area contributed by atoms with Crippen molar-refractivity contribution in [2.75, 3.05) is 6.54 Å². The second-order valence-electron chi connectivity index (χ2n) is 2.31. The molecule has 0 saturated heterocycles. The second-order valence-corrected chi connectivity index (χ2v) is 3.13. The molecular formula is C7H17NS. The van der Waals surface area contributed by atoms with E-state index in [0.717, 1.165) is 6.54 Å². The Morgan fingerprint density at radius 3 is 2.11 bits per heavy atom. The Hall–Kier alpha value is 0.310. The van der Waals surface area contributed by atoms with Crippen LogP contribution in [0.25, 0.3) is 0 Å². The van der Waals surface area contributed by atoms with Gasteiger partial charge in [-0.2, -0.15) is 12.6 Å². The Balaban J connectivity index is 3.41. The van der Waals surface area contributed by atoms with Gasteiger partial charge in [0, 0.05) is 11.3 Å². The third-order valence-electron chi connectivity index (χ3n) is 1.49. The van der Waals surface area contributed by atoms with Crippen molar-refractivity contribution in [3.8, 4) is 0 Å². The van der Waals surface area contributed by atoms with Crippen LogP contribution in [0.5, 0.6) is 0 Å². The zero-order valence-corrected chi connectivity index (χ0v) is 7.41. The van der Waals surface area contributed by atoms with Gasteiger partial charge in [-0.3, -0.25) is 0 Å². The summed E-state index contributed by atoms with van der Waals surface area (Å²) in [5.74, 6) is 0. The topological polar surface area (TPSA) is 12.0 Å². The van der Waals surface area contributed by atoms with E-state index in [9.17, 15) is 0 Å². The van der Waals surface area contributed by atoms with E-state index >= 15 is 0 Å². The van der Waals surface area contributed by atoms with Gasteiger partial charge in [0.05, 0.1) is 0 Å². The van der Waals surface area contributed by atoms with Gasteiger partial charge >= 0.3 is 0 Å². The molecule has 0 radical (unpaired) electrons. The highest BCUT2D eigenvalue weighted by Crippen LogP contribution is 2.03. The number of hydrogen-bond donors (Lipinski definition) is 2. The van der Waals surface area contributed by atoms with Crippen molar-refractivity contribution in [3.63, 3.8) is 0 Å². The molecule has 0 heterocycles. The van der Waals surface area contributed by atoms with E-state index in [2.05, 4.69) is 38.7 Å². The molecule has 1 N–H and O–H groups in total. The summed E-state index contributed by atoms with van der Waals surface area (Å²) in [6.07, 6.45) is 1.17. The minimum atomic E-state index is 0.468. The fourth-order valence-electron chi connectivity index (χ4n) is 0.918. The Morgan fingerprint density at radius 2 is 2.00 bits per heavy atom. The Morgan fingerprint density at radius 1 is 1.44 bits per heavy atom. The van der Waals surface area contributed by atoms with Gasteiger partial charge in [0.1, 0.15) is 0 Å². The van der Waals surface area contributed by atoms with Gasteiger partial charge in [-0.15, -0.1) is 0 Å². The van der Waals surface area contributed by atoms with Crippen LogP contribution in [0.15, 0.2) is 0 Å². The lowest BCUT2D eigenvalue weighted by Gasteiger charge is -2.18. The summed E-state index contributed by atoms with van der Waals surface area (Å²) in [5.41, 5.74) is 0. The van der Waals surface area contributed by atoms with E-state index in [1.807, 2.05) is 0 Å². The molecule has 0 aromatic rings. The quantitative estimate of drug-likeness (QED) is 0.577. The summed E-state index contributed by atoms with van der Waals surface area (Å²) in [6.45, 7) is 7.47. The third-order valence-corrected chi connectivity index (χ3v) is 1.85. The minimum absolute atomic E-state index is 0.468. The fourth-order valence-corrected chi connectivity index (χ4v) is 1.23. The number of nitrogens with one attached hydrogen (secondary N) is 1. The lowest BCUT2D eigenvalue weighted by molar-refractivity contribution is 0.510. The van der Waals surface area contributed by atoms with Crippen LogP contribution in [-0.4, -0.2) is 17.8 Å². The molecule has 1 nitrogen and oxygen atoms in total. The van der Waals surface area contributed by atoms with E-state index in [-0.39, 0.29) is 0 Å². The summed E-state index contributed by atoms with van der Waals surface area (Å²) in [5, 5.41) is 3.82. The van der Waals surface area contributed by atoms with Gasteiger partial charge in [-0.05, 0) is 13.0 Å². The SMILES string of the molecule is CCNC(CC)C(C)S. The van der Waals surface area contributed by atoms with Crippen molar-refractivity contribution in [3.05, 3.63) is 0 Å². The van der Waals surface area contributed by atoms with E-state index in [4.69, 9.17) is 0 Å². The van der Waals surface area contributed by atoms with Crippen LogP contribution in [0.3, 0.4) is 0 Å². The lowest BCUT2D eigenvalue weighted by Crippen LogP contribution is -2.34. The summed E-state index contributed by atoms with van der Waals surface area (Å²) in [4.78, 5) is 0. The Labute approximate surface area is 63.6 Å². The molecule has 0 spiro atoms. The maximum Gasteiger partial charge on any atom is 0.0178 e. The van der Waals surface area contributed by atoms with Crippen molar-refractivity contribution in [1.82, 2.24) is 5.32 Å². The molecule has 2 atom stereocenters.